The van der Waals surface area contributed by atoms with Crippen molar-refractivity contribution in [3.8, 4) is 0 Å². The molecule has 1 aliphatic rings. The van der Waals surface area contributed by atoms with Gasteiger partial charge in [-0.25, -0.2) is 19.5 Å². The lowest BCUT2D eigenvalue weighted by Crippen LogP contribution is -2.36. The summed E-state index contributed by atoms with van der Waals surface area (Å²) >= 11 is 3.44. The number of fused-ring (bicyclic) bond motifs is 3. The molecule has 0 saturated carbocycles. The van der Waals surface area contributed by atoms with E-state index in [1.165, 1.54) is 0 Å². The van der Waals surface area contributed by atoms with Crippen LogP contribution in [0.15, 0.2) is 47.5 Å². The maximum Gasteiger partial charge on any atom is 0.259 e. The lowest BCUT2D eigenvalue weighted by atomic mass is 10.0. The molecule has 0 N–H and O–H groups in total. The Morgan fingerprint density at radius 1 is 1.19 bits per heavy atom. The van der Waals surface area contributed by atoms with Crippen molar-refractivity contribution in [3.63, 3.8) is 0 Å². The highest BCUT2D eigenvalue weighted by molar-refractivity contribution is 9.10. The fourth-order valence-electron chi connectivity index (χ4n) is 3.32. The van der Waals surface area contributed by atoms with Crippen molar-refractivity contribution in [1.29, 1.82) is 0 Å². The molecular weight excluding hydrogens is 396 g/mol. The molecular formula is C18H13BrN6O. The topological polar surface area (TPSA) is 76.3 Å². The summed E-state index contributed by atoms with van der Waals surface area (Å²) in [6, 6.07) is 5.85. The van der Waals surface area contributed by atoms with Crippen molar-refractivity contribution in [3.05, 3.63) is 64.3 Å². The molecule has 0 radical (unpaired) electrons. The summed E-state index contributed by atoms with van der Waals surface area (Å²) < 4.78 is 2.52. The second kappa shape index (κ2) is 5.84. The van der Waals surface area contributed by atoms with Gasteiger partial charge in [-0.3, -0.25) is 4.79 Å². The molecule has 0 spiro atoms. The van der Waals surface area contributed by atoms with Crippen molar-refractivity contribution in [2.75, 3.05) is 6.54 Å². The summed E-state index contributed by atoms with van der Waals surface area (Å²) in [5, 5.41) is 5.17. The quantitative estimate of drug-likeness (QED) is 0.483. The summed E-state index contributed by atoms with van der Waals surface area (Å²) in [6.45, 7) is 1.14. The third-order valence-corrected chi connectivity index (χ3v) is 5.01. The molecule has 4 aromatic rings. The third kappa shape index (κ3) is 2.45. The Labute approximate surface area is 156 Å². The number of halogens is 1. The molecule has 0 saturated heterocycles. The highest BCUT2D eigenvalue weighted by atomic mass is 79.9. The fraction of sp³-hybridized carbons (Fsp3) is 0.167. The minimum Gasteiger partial charge on any atom is -0.334 e. The molecule has 7 nitrogen and oxygen atoms in total. The van der Waals surface area contributed by atoms with E-state index in [9.17, 15) is 4.79 Å². The molecule has 0 atom stereocenters. The maximum atomic E-state index is 13.0. The van der Waals surface area contributed by atoms with Gasteiger partial charge < -0.3 is 4.90 Å². The molecule has 128 valence electrons. The lowest BCUT2D eigenvalue weighted by Gasteiger charge is -2.28. The molecule has 0 bridgehead atoms. The Hall–Kier alpha value is -2.87. The summed E-state index contributed by atoms with van der Waals surface area (Å²) in [6.07, 6.45) is 7.49. The van der Waals surface area contributed by atoms with Gasteiger partial charge in [0.05, 0.1) is 6.20 Å². The summed E-state index contributed by atoms with van der Waals surface area (Å²) in [4.78, 5) is 28.1. The first-order valence-corrected chi connectivity index (χ1v) is 9.00. The van der Waals surface area contributed by atoms with Crippen LogP contribution in [0.5, 0.6) is 0 Å². The van der Waals surface area contributed by atoms with Crippen LogP contribution >= 0.6 is 15.9 Å². The largest absolute Gasteiger partial charge is 0.334 e. The number of amides is 1. The van der Waals surface area contributed by atoms with E-state index in [1.54, 1.807) is 35.4 Å². The Morgan fingerprint density at radius 3 is 3.04 bits per heavy atom. The van der Waals surface area contributed by atoms with E-state index in [-0.39, 0.29) is 5.91 Å². The molecule has 8 heteroatoms. The van der Waals surface area contributed by atoms with Gasteiger partial charge in [-0.05, 0) is 39.7 Å². The number of rotatable bonds is 1. The zero-order chi connectivity index (χ0) is 17.7. The zero-order valence-corrected chi connectivity index (χ0v) is 15.2. The van der Waals surface area contributed by atoms with Crippen molar-refractivity contribution in [2.24, 2.45) is 0 Å². The Bertz CT molecular complexity index is 1170. The Kier molecular flexibility index (Phi) is 3.46. The van der Waals surface area contributed by atoms with Gasteiger partial charge in [0.2, 0.25) is 0 Å². The van der Waals surface area contributed by atoms with Gasteiger partial charge in [-0.2, -0.15) is 5.10 Å². The van der Waals surface area contributed by atoms with Gasteiger partial charge in [0.25, 0.3) is 5.91 Å². The molecule has 5 rings (SSSR count). The second-order valence-electron chi connectivity index (χ2n) is 6.22. The highest BCUT2D eigenvalue weighted by Gasteiger charge is 2.25. The van der Waals surface area contributed by atoms with E-state index < -0.39 is 0 Å². The molecule has 26 heavy (non-hydrogen) atoms. The normalized spacial score (nSPS) is 14.0. The Morgan fingerprint density at radius 2 is 2.12 bits per heavy atom. The van der Waals surface area contributed by atoms with Gasteiger partial charge in [0, 0.05) is 53.7 Å². The van der Waals surface area contributed by atoms with Crippen LogP contribution in [0.4, 0.5) is 0 Å². The molecule has 4 aromatic heterocycles. The van der Waals surface area contributed by atoms with E-state index in [2.05, 4.69) is 42.0 Å². The van der Waals surface area contributed by atoms with Crippen LogP contribution in [0, 0.1) is 0 Å². The number of hydrogen-bond donors (Lipinski definition) is 0. The van der Waals surface area contributed by atoms with E-state index in [0.717, 1.165) is 26.8 Å². The first-order chi connectivity index (χ1) is 12.7. The van der Waals surface area contributed by atoms with Gasteiger partial charge in [-0.15, -0.1) is 0 Å². The van der Waals surface area contributed by atoms with Crippen LogP contribution in [0.1, 0.15) is 21.6 Å². The standard InChI is InChI=1S/C18H13BrN6O/c19-13-7-11-6-12-10-24(5-2-15(12)23-16(11)21-8-13)18(26)14-9-22-25-4-1-3-20-17(14)25/h1,3-4,6-9H,2,5,10H2. The monoisotopic (exact) mass is 408 g/mol. The summed E-state index contributed by atoms with van der Waals surface area (Å²) in [7, 11) is 0. The summed E-state index contributed by atoms with van der Waals surface area (Å²) in [5.74, 6) is -0.0585. The van der Waals surface area contributed by atoms with Crippen LogP contribution in [0.3, 0.4) is 0 Å². The smallest absolute Gasteiger partial charge is 0.259 e. The van der Waals surface area contributed by atoms with Gasteiger partial charge >= 0.3 is 0 Å². The van der Waals surface area contributed by atoms with Crippen molar-refractivity contribution in [1.82, 2.24) is 29.5 Å². The van der Waals surface area contributed by atoms with Crippen LogP contribution in [0.2, 0.25) is 0 Å². The average molecular weight is 409 g/mol. The number of nitrogens with zero attached hydrogens (tertiary/aromatic N) is 6. The third-order valence-electron chi connectivity index (χ3n) is 4.58. The first-order valence-electron chi connectivity index (χ1n) is 8.21. The number of pyridine rings is 2. The average Bonchev–Trinajstić information content (AvgIpc) is 3.09. The number of carbonyl (C=O) groups is 1. The van der Waals surface area contributed by atoms with Crippen molar-refractivity contribution >= 4 is 38.5 Å². The van der Waals surface area contributed by atoms with E-state index >= 15 is 0 Å². The second-order valence-corrected chi connectivity index (χ2v) is 7.13. The molecule has 0 fully saturated rings. The van der Waals surface area contributed by atoms with Crippen LogP contribution in [-0.4, -0.2) is 41.9 Å². The SMILES string of the molecule is O=C(c1cnn2cccnc12)N1CCc2nc3ncc(Br)cc3cc2C1. The molecule has 1 aliphatic heterocycles. The van der Waals surface area contributed by atoms with Crippen molar-refractivity contribution < 1.29 is 4.79 Å². The van der Waals surface area contributed by atoms with Gasteiger partial charge in [0.15, 0.2) is 11.3 Å². The van der Waals surface area contributed by atoms with Gasteiger partial charge in [0.1, 0.15) is 5.56 Å². The number of carbonyl (C=O) groups excluding carboxylic acids is 1. The zero-order valence-electron chi connectivity index (χ0n) is 13.6. The predicted molar refractivity (Wildman–Crippen MR) is 98.7 cm³/mol. The number of hydrogen-bond acceptors (Lipinski definition) is 5. The Balaban J connectivity index is 1.50. The molecule has 5 heterocycles. The maximum absolute atomic E-state index is 13.0. The molecule has 0 aliphatic carbocycles. The van der Waals surface area contributed by atoms with E-state index in [1.807, 2.05) is 11.0 Å². The lowest BCUT2D eigenvalue weighted by molar-refractivity contribution is 0.0735. The number of aromatic nitrogens is 5. The van der Waals surface area contributed by atoms with Crippen LogP contribution in [0.25, 0.3) is 16.7 Å². The minimum atomic E-state index is -0.0585. The van der Waals surface area contributed by atoms with E-state index in [0.29, 0.717) is 30.7 Å². The highest BCUT2D eigenvalue weighted by Crippen LogP contribution is 2.25. The van der Waals surface area contributed by atoms with Crippen LogP contribution < -0.4 is 0 Å². The predicted octanol–water partition coefficient (Wildman–Crippen LogP) is 2.63. The van der Waals surface area contributed by atoms with Crippen LogP contribution in [-0.2, 0) is 13.0 Å². The van der Waals surface area contributed by atoms with Gasteiger partial charge in [-0.1, -0.05) is 0 Å². The fourth-order valence-corrected chi connectivity index (χ4v) is 3.67. The first kappa shape index (κ1) is 15.4. The molecule has 1 amide bonds. The van der Waals surface area contributed by atoms with Crippen molar-refractivity contribution in [2.45, 2.75) is 13.0 Å². The molecule has 0 unspecified atom stereocenters. The minimum absolute atomic E-state index is 0.0585. The molecule has 0 aromatic carbocycles. The van der Waals surface area contributed by atoms with E-state index in [4.69, 9.17) is 0 Å². The summed E-state index contributed by atoms with van der Waals surface area (Å²) in [5.41, 5.74) is 3.90.